The fourth-order valence-corrected chi connectivity index (χ4v) is 2.35. The third-order valence-electron chi connectivity index (χ3n) is 3.55. The maximum Gasteiger partial charge on any atom is 0.162 e. The molecule has 2 aromatic rings. The zero-order chi connectivity index (χ0) is 14.7. The van der Waals surface area contributed by atoms with Gasteiger partial charge in [0.2, 0.25) is 0 Å². The summed E-state index contributed by atoms with van der Waals surface area (Å²) in [5, 5.41) is 25.3. The van der Waals surface area contributed by atoms with Gasteiger partial charge in [-0.25, -0.2) is 0 Å². The quantitative estimate of drug-likeness (QED) is 0.677. The number of hydrogen-bond donors (Lipinski definition) is 3. The summed E-state index contributed by atoms with van der Waals surface area (Å²) in [6.45, 7) is 1.47. The first-order valence-electron chi connectivity index (χ1n) is 6.79. The van der Waals surface area contributed by atoms with Crippen molar-refractivity contribution in [3.63, 3.8) is 0 Å². The van der Waals surface area contributed by atoms with E-state index in [1.165, 1.54) is 0 Å². The van der Waals surface area contributed by atoms with E-state index in [0.717, 1.165) is 11.5 Å². The molecule has 0 atom stereocenters. The Morgan fingerprint density at radius 3 is 2.48 bits per heavy atom. The van der Waals surface area contributed by atoms with Gasteiger partial charge in [-0.15, -0.1) is 0 Å². The highest BCUT2D eigenvalue weighted by Gasteiger charge is 2.39. The van der Waals surface area contributed by atoms with E-state index >= 15 is 0 Å². The van der Waals surface area contributed by atoms with Crippen LogP contribution in [0.15, 0.2) is 27.1 Å². The van der Waals surface area contributed by atoms with Gasteiger partial charge in [0.25, 0.3) is 0 Å². The van der Waals surface area contributed by atoms with Crippen LogP contribution < -0.4 is 5.32 Å². The summed E-state index contributed by atoms with van der Waals surface area (Å²) in [5.74, 6) is 1.77. The van der Waals surface area contributed by atoms with Crippen molar-refractivity contribution in [3.8, 4) is 0 Å². The van der Waals surface area contributed by atoms with Crippen molar-refractivity contribution in [2.45, 2.75) is 31.7 Å². The van der Waals surface area contributed by atoms with E-state index in [1.54, 1.807) is 12.1 Å². The number of nitrogens with one attached hydrogen (secondary N) is 1. The molecule has 3 N–H and O–H groups in total. The van der Waals surface area contributed by atoms with E-state index in [-0.39, 0.29) is 18.8 Å². The normalized spacial score (nSPS) is 16.9. The lowest BCUT2D eigenvalue weighted by molar-refractivity contribution is -0.0762. The summed E-state index contributed by atoms with van der Waals surface area (Å²) in [6.07, 6.45) is 0.657. The molecule has 0 bridgehead atoms. The van der Waals surface area contributed by atoms with Gasteiger partial charge in [-0.2, -0.15) is 0 Å². The molecule has 3 rings (SSSR count). The third kappa shape index (κ3) is 3.16. The van der Waals surface area contributed by atoms with Gasteiger partial charge in [-0.1, -0.05) is 5.16 Å². The van der Waals surface area contributed by atoms with Crippen molar-refractivity contribution in [2.24, 2.45) is 0 Å². The average molecular weight is 294 g/mol. The van der Waals surface area contributed by atoms with Gasteiger partial charge in [0.15, 0.2) is 5.76 Å². The van der Waals surface area contributed by atoms with Gasteiger partial charge in [0.1, 0.15) is 24.7 Å². The standard InChI is InChI=1S/C14H18N2O5/c17-6-12-2-1-11(20-12)5-15-14(8-19-9-14)4-10-3-13(7-18)21-16-10/h1-3,15,17-18H,4-9H2. The Bertz CT molecular complexity index is 588. The minimum absolute atomic E-state index is 0.100. The summed E-state index contributed by atoms with van der Waals surface area (Å²) in [4.78, 5) is 0. The molecule has 7 nitrogen and oxygen atoms in total. The van der Waals surface area contributed by atoms with E-state index in [0.29, 0.717) is 37.7 Å². The van der Waals surface area contributed by atoms with E-state index in [1.807, 2.05) is 6.07 Å². The van der Waals surface area contributed by atoms with Crippen LogP contribution in [-0.4, -0.2) is 34.1 Å². The molecule has 0 saturated carbocycles. The third-order valence-corrected chi connectivity index (χ3v) is 3.55. The number of nitrogens with zero attached hydrogens (tertiary/aromatic N) is 1. The number of hydrogen-bond acceptors (Lipinski definition) is 7. The van der Waals surface area contributed by atoms with E-state index in [2.05, 4.69) is 10.5 Å². The number of aliphatic hydroxyl groups is 2. The molecule has 2 aromatic heterocycles. The van der Waals surface area contributed by atoms with Crippen LogP contribution in [0.4, 0.5) is 0 Å². The maximum atomic E-state index is 8.99. The van der Waals surface area contributed by atoms with Crippen molar-refractivity contribution < 1.29 is 23.9 Å². The molecule has 7 heteroatoms. The van der Waals surface area contributed by atoms with Gasteiger partial charge >= 0.3 is 0 Å². The number of rotatable bonds is 7. The SMILES string of the molecule is OCc1cc(CC2(NCc3ccc(CO)o3)COC2)no1. The molecule has 21 heavy (non-hydrogen) atoms. The summed E-state index contributed by atoms with van der Waals surface area (Å²) < 4.78 is 15.8. The topological polar surface area (TPSA) is 101 Å². The first-order valence-corrected chi connectivity index (χ1v) is 6.79. The van der Waals surface area contributed by atoms with Gasteiger partial charge in [0, 0.05) is 12.5 Å². The first kappa shape index (κ1) is 14.3. The van der Waals surface area contributed by atoms with Crippen molar-refractivity contribution in [1.29, 1.82) is 0 Å². The summed E-state index contributed by atoms with van der Waals surface area (Å²) in [6, 6.07) is 5.34. The Hall–Kier alpha value is -1.67. The van der Waals surface area contributed by atoms with Crippen molar-refractivity contribution in [2.75, 3.05) is 13.2 Å². The summed E-state index contributed by atoms with van der Waals surface area (Å²) in [5.41, 5.74) is 0.584. The Kier molecular flexibility index (Phi) is 4.07. The van der Waals surface area contributed by atoms with Gasteiger partial charge in [-0.3, -0.25) is 5.32 Å². The smallest absolute Gasteiger partial charge is 0.162 e. The Labute approximate surface area is 121 Å². The van der Waals surface area contributed by atoms with E-state index in [9.17, 15) is 0 Å². The highest BCUT2D eigenvalue weighted by atomic mass is 16.5. The Balaban J connectivity index is 1.60. The summed E-state index contributed by atoms with van der Waals surface area (Å²) >= 11 is 0. The van der Waals surface area contributed by atoms with Crippen LogP contribution in [0.25, 0.3) is 0 Å². The fraction of sp³-hybridized carbons (Fsp3) is 0.500. The highest BCUT2D eigenvalue weighted by Crippen LogP contribution is 2.23. The molecule has 1 aliphatic rings. The van der Waals surface area contributed by atoms with Crippen LogP contribution in [-0.2, 0) is 30.9 Å². The first-order chi connectivity index (χ1) is 10.2. The number of aliphatic hydroxyl groups excluding tert-OH is 2. The maximum absolute atomic E-state index is 8.99. The number of ether oxygens (including phenoxy) is 1. The van der Waals surface area contributed by atoms with Gasteiger partial charge in [-0.05, 0) is 12.1 Å². The molecular formula is C14H18N2O5. The van der Waals surface area contributed by atoms with Crippen LogP contribution >= 0.6 is 0 Å². The fourth-order valence-electron chi connectivity index (χ4n) is 2.35. The Morgan fingerprint density at radius 1 is 1.14 bits per heavy atom. The largest absolute Gasteiger partial charge is 0.462 e. The lowest BCUT2D eigenvalue weighted by atomic mass is 9.91. The van der Waals surface area contributed by atoms with Gasteiger partial charge < -0.3 is 23.9 Å². The molecule has 0 aromatic carbocycles. The second-order valence-corrected chi connectivity index (χ2v) is 5.27. The zero-order valence-corrected chi connectivity index (χ0v) is 11.5. The molecule has 0 spiro atoms. The van der Waals surface area contributed by atoms with E-state index in [4.69, 9.17) is 23.9 Å². The van der Waals surface area contributed by atoms with Gasteiger partial charge in [0.05, 0.1) is 31.0 Å². The van der Waals surface area contributed by atoms with Crippen LogP contribution in [0.2, 0.25) is 0 Å². The predicted molar refractivity (Wildman–Crippen MR) is 71.2 cm³/mol. The molecule has 1 saturated heterocycles. The molecular weight excluding hydrogens is 276 g/mol. The van der Waals surface area contributed by atoms with Crippen LogP contribution in [0.5, 0.6) is 0 Å². The van der Waals surface area contributed by atoms with Crippen molar-refractivity contribution >= 4 is 0 Å². The Morgan fingerprint density at radius 2 is 1.90 bits per heavy atom. The lowest BCUT2D eigenvalue weighted by Crippen LogP contribution is -2.61. The minimum Gasteiger partial charge on any atom is -0.462 e. The molecule has 114 valence electrons. The highest BCUT2D eigenvalue weighted by molar-refractivity contribution is 5.13. The van der Waals surface area contributed by atoms with Crippen molar-refractivity contribution in [3.05, 3.63) is 41.2 Å². The predicted octanol–water partition coefficient (Wildman–Crippen LogP) is 0.353. The van der Waals surface area contributed by atoms with E-state index < -0.39 is 0 Å². The second kappa shape index (κ2) is 5.98. The zero-order valence-electron chi connectivity index (χ0n) is 11.5. The molecule has 0 aliphatic carbocycles. The number of furan rings is 1. The van der Waals surface area contributed by atoms with Crippen molar-refractivity contribution in [1.82, 2.24) is 10.5 Å². The van der Waals surface area contributed by atoms with Crippen LogP contribution in [0.1, 0.15) is 23.0 Å². The molecule has 0 radical (unpaired) electrons. The molecule has 1 fully saturated rings. The monoisotopic (exact) mass is 294 g/mol. The van der Waals surface area contributed by atoms with Crippen LogP contribution in [0, 0.1) is 0 Å². The lowest BCUT2D eigenvalue weighted by Gasteiger charge is -2.41. The molecule has 1 aliphatic heterocycles. The average Bonchev–Trinajstić information content (AvgIpc) is 3.10. The minimum atomic E-state index is -0.199. The molecule has 0 unspecified atom stereocenters. The second-order valence-electron chi connectivity index (χ2n) is 5.27. The molecule has 3 heterocycles. The molecule has 0 amide bonds. The van der Waals surface area contributed by atoms with Crippen LogP contribution in [0.3, 0.4) is 0 Å². The summed E-state index contributed by atoms with van der Waals surface area (Å²) in [7, 11) is 0. The number of aromatic nitrogens is 1.